The standard InChI is InChI=1S/C15H12BrN3O/c1-17-11-8-6-10(7-9-11)15-18-14(19-20-15)12-4-2-3-5-13(12)16/h2-9,17H,1H3. The van der Waals surface area contributed by atoms with Crippen LogP contribution in [0.5, 0.6) is 0 Å². The molecule has 0 aliphatic carbocycles. The summed E-state index contributed by atoms with van der Waals surface area (Å²) in [6, 6.07) is 15.6. The van der Waals surface area contributed by atoms with Crippen molar-refractivity contribution in [1.82, 2.24) is 10.1 Å². The van der Waals surface area contributed by atoms with Crippen LogP contribution in [0, 0.1) is 0 Å². The summed E-state index contributed by atoms with van der Waals surface area (Å²) in [5.41, 5.74) is 2.85. The Morgan fingerprint density at radius 2 is 1.80 bits per heavy atom. The monoisotopic (exact) mass is 329 g/mol. The van der Waals surface area contributed by atoms with Crippen LogP contribution < -0.4 is 5.32 Å². The van der Waals surface area contributed by atoms with Crippen LogP contribution in [0.2, 0.25) is 0 Å². The summed E-state index contributed by atoms with van der Waals surface area (Å²) in [6.07, 6.45) is 0. The van der Waals surface area contributed by atoms with Crippen molar-refractivity contribution in [1.29, 1.82) is 0 Å². The van der Waals surface area contributed by atoms with Crippen LogP contribution in [-0.4, -0.2) is 17.2 Å². The highest BCUT2D eigenvalue weighted by Gasteiger charge is 2.12. The van der Waals surface area contributed by atoms with E-state index in [2.05, 4.69) is 31.4 Å². The van der Waals surface area contributed by atoms with E-state index in [1.165, 1.54) is 0 Å². The van der Waals surface area contributed by atoms with Gasteiger partial charge in [-0.1, -0.05) is 33.2 Å². The molecular formula is C15H12BrN3O. The van der Waals surface area contributed by atoms with Crippen molar-refractivity contribution in [3.8, 4) is 22.8 Å². The van der Waals surface area contributed by atoms with Crippen LogP contribution >= 0.6 is 15.9 Å². The number of anilines is 1. The van der Waals surface area contributed by atoms with Gasteiger partial charge in [0.2, 0.25) is 5.82 Å². The van der Waals surface area contributed by atoms with Crippen LogP contribution in [0.1, 0.15) is 0 Å². The zero-order valence-electron chi connectivity index (χ0n) is 10.8. The van der Waals surface area contributed by atoms with Gasteiger partial charge < -0.3 is 9.84 Å². The van der Waals surface area contributed by atoms with E-state index in [0.717, 1.165) is 21.3 Å². The van der Waals surface area contributed by atoms with E-state index in [4.69, 9.17) is 4.52 Å². The van der Waals surface area contributed by atoms with E-state index in [9.17, 15) is 0 Å². The highest BCUT2D eigenvalue weighted by Crippen LogP contribution is 2.28. The van der Waals surface area contributed by atoms with Gasteiger partial charge in [0.15, 0.2) is 0 Å². The first-order valence-corrected chi connectivity index (χ1v) is 6.94. The number of aromatic nitrogens is 2. The first-order valence-electron chi connectivity index (χ1n) is 6.15. The topological polar surface area (TPSA) is 51.0 Å². The Labute approximate surface area is 125 Å². The maximum absolute atomic E-state index is 5.33. The summed E-state index contributed by atoms with van der Waals surface area (Å²) in [4.78, 5) is 4.44. The largest absolute Gasteiger partial charge is 0.388 e. The maximum atomic E-state index is 5.33. The lowest BCUT2D eigenvalue weighted by molar-refractivity contribution is 0.432. The molecule has 100 valence electrons. The Bertz CT molecular complexity index is 722. The molecule has 0 aliphatic rings. The minimum Gasteiger partial charge on any atom is -0.388 e. The molecule has 20 heavy (non-hydrogen) atoms. The second-order valence-electron chi connectivity index (χ2n) is 4.23. The quantitative estimate of drug-likeness (QED) is 0.782. The van der Waals surface area contributed by atoms with Crippen molar-refractivity contribution in [3.05, 3.63) is 53.0 Å². The smallest absolute Gasteiger partial charge is 0.258 e. The van der Waals surface area contributed by atoms with Gasteiger partial charge in [0.05, 0.1) is 0 Å². The van der Waals surface area contributed by atoms with Gasteiger partial charge in [-0.15, -0.1) is 0 Å². The van der Waals surface area contributed by atoms with E-state index < -0.39 is 0 Å². The highest BCUT2D eigenvalue weighted by atomic mass is 79.9. The summed E-state index contributed by atoms with van der Waals surface area (Å²) in [6.45, 7) is 0. The third kappa shape index (κ3) is 2.44. The molecule has 0 fully saturated rings. The molecule has 3 rings (SSSR count). The average Bonchev–Trinajstić information content (AvgIpc) is 2.97. The van der Waals surface area contributed by atoms with Crippen molar-refractivity contribution in [3.63, 3.8) is 0 Å². The Hall–Kier alpha value is -2.14. The van der Waals surface area contributed by atoms with Crippen LogP contribution in [-0.2, 0) is 0 Å². The van der Waals surface area contributed by atoms with E-state index in [1.807, 2.05) is 55.6 Å². The summed E-state index contributed by atoms with van der Waals surface area (Å²) in [5.74, 6) is 1.09. The molecule has 1 aromatic heterocycles. The molecule has 0 radical (unpaired) electrons. The van der Waals surface area contributed by atoms with Gasteiger partial charge in [-0.05, 0) is 36.4 Å². The second-order valence-corrected chi connectivity index (χ2v) is 5.08. The Balaban J connectivity index is 1.95. The minimum absolute atomic E-state index is 0.512. The Morgan fingerprint density at radius 3 is 2.50 bits per heavy atom. The number of nitrogens with one attached hydrogen (secondary N) is 1. The number of halogens is 1. The molecule has 2 aromatic carbocycles. The zero-order chi connectivity index (χ0) is 13.9. The highest BCUT2D eigenvalue weighted by molar-refractivity contribution is 9.10. The van der Waals surface area contributed by atoms with E-state index in [-0.39, 0.29) is 0 Å². The van der Waals surface area contributed by atoms with Crippen molar-refractivity contribution in [2.24, 2.45) is 0 Å². The lowest BCUT2D eigenvalue weighted by Crippen LogP contribution is -1.87. The van der Waals surface area contributed by atoms with Crippen LogP contribution in [0.3, 0.4) is 0 Å². The molecule has 0 aliphatic heterocycles. The number of rotatable bonds is 3. The number of nitrogens with zero attached hydrogens (tertiary/aromatic N) is 2. The fraction of sp³-hybridized carbons (Fsp3) is 0.0667. The molecule has 1 N–H and O–H groups in total. The first kappa shape index (κ1) is 12.9. The first-order chi connectivity index (χ1) is 9.78. The van der Waals surface area contributed by atoms with Gasteiger partial charge in [0.25, 0.3) is 5.89 Å². The van der Waals surface area contributed by atoms with Crippen molar-refractivity contribution in [2.45, 2.75) is 0 Å². The summed E-state index contributed by atoms with van der Waals surface area (Å²) in [5, 5.41) is 7.11. The molecule has 0 unspecified atom stereocenters. The fourth-order valence-corrected chi connectivity index (χ4v) is 2.33. The molecule has 5 heteroatoms. The lowest BCUT2D eigenvalue weighted by Gasteiger charge is -1.99. The number of hydrogen-bond acceptors (Lipinski definition) is 4. The second kappa shape index (κ2) is 5.46. The normalized spacial score (nSPS) is 10.5. The molecule has 0 spiro atoms. The molecule has 0 amide bonds. The van der Waals surface area contributed by atoms with E-state index in [1.54, 1.807) is 0 Å². The van der Waals surface area contributed by atoms with Gasteiger partial charge in [-0.25, -0.2) is 0 Å². The van der Waals surface area contributed by atoms with E-state index >= 15 is 0 Å². The molecule has 1 heterocycles. The molecule has 0 saturated heterocycles. The van der Waals surface area contributed by atoms with Crippen LogP contribution in [0.15, 0.2) is 57.5 Å². The van der Waals surface area contributed by atoms with Crippen molar-refractivity contribution < 1.29 is 4.52 Å². The van der Waals surface area contributed by atoms with Gasteiger partial charge in [0, 0.05) is 28.3 Å². The van der Waals surface area contributed by atoms with Gasteiger partial charge in [-0.2, -0.15) is 4.98 Å². The average molecular weight is 330 g/mol. The summed E-state index contributed by atoms with van der Waals surface area (Å²) in [7, 11) is 1.88. The Kier molecular flexibility index (Phi) is 3.52. The Morgan fingerprint density at radius 1 is 1.05 bits per heavy atom. The van der Waals surface area contributed by atoms with Gasteiger partial charge in [0.1, 0.15) is 0 Å². The molecule has 3 aromatic rings. The van der Waals surface area contributed by atoms with Crippen molar-refractivity contribution in [2.75, 3.05) is 12.4 Å². The summed E-state index contributed by atoms with van der Waals surface area (Å²) >= 11 is 3.49. The molecule has 4 nitrogen and oxygen atoms in total. The summed E-state index contributed by atoms with van der Waals surface area (Å²) < 4.78 is 6.27. The molecular weight excluding hydrogens is 318 g/mol. The number of benzene rings is 2. The molecule has 0 bridgehead atoms. The van der Waals surface area contributed by atoms with Crippen LogP contribution in [0.4, 0.5) is 5.69 Å². The predicted octanol–water partition coefficient (Wildman–Crippen LogP) is 4.21. The zero-order valence-corrected chi connectivity index (χ0v) is 12.4. The SMILES string of the molecule is CNc1ccc(-c2nc(-c3ccccc3Br)no2)cc1. The van der Waals surface area contributed by atoms with Gasteiger partial charge >= 0.3 is 0 Å². The third-order valence-electron chi connectivity index (χ3n) is 2.96. The van der Waals surface area contributed by atoms with Gasteiger partial charge in [-0.3, -0.25) is 0 Å². The van der Waals surface area contributed by atoms with Crippen molar-refractivity contribution >= 4 is 21.6 Å². The maximum Gasteiger partial charge on any atom is 0.258 e. The molecule has 0 saturated carbocycles. The van der Waals surface area contributed by atoms with Crippen LogP contribution in [0.25, 0.3) is 22.8 Å². The van der Waals surface area contributed by atoms with E-state index in [0.29, 0.717) is 11.7 Å². The minimum atomic E-state index is 0.512. The lowest BCUT2D eigenvalue weighted by atomic mass is 10.2. The fourth-order valence-electron chi connectivity index (χ4n) is 1.87. The molecule has 0 atom stereocenters. The number of hydrogen-bond donors (Lipinski definition) is 1. The third-order valence-corrected chi connectivity index (χ3v) is 3.65. The predicted molar refractivity (Wildman–Crippen MR) is 82.4 cm³/mol.